The van der Waals surface area contributed by atoms with Crippen LogP contribution in [-0.2, 0) is 6.61 Å². The summed E-state index contributed by atoms with van der Waals surface area (Å²) in [4.78, 5) is 11.1. The van der Waals surface area contributed by atoms with E-state index in [0.717, 1.165) is 6.26 Å². The fraction of sp³-hybridized carbons (Fsp3) is 0.0833. The fourth-order valence-corrected chi connectivity index (χ4v) is 1.24. The molecule has 0 amide bonds. The predicted octanol–water partition coefficient (Wildman–Crippen LogP) is 1.51. The van der Waals surface area contributed by atoms with E-state index in [4.69, 9.17) is 20.0 Å². The highest BCUT2D eigenvalue weighted by Crippen LogP contribution is 2.15. The lowest BCUT2D eigenvalue weighted by molar-refractivity contribution is 0.263. The van der Waals surface area contributed by atoms with Crippen molar-refractivity contribution in [3.63, 3.8) is 0 Å². The van der Waals surface area contributed by atoms with Crippen molar-refractivity contribution in [2.24, 2.45) is 0 Å². The van der Waals surface area contributed by atoms with Crippen LogP contribution in [0.4, 0.5) is 5.69 Å². The second kappa shape index (κ2) is 4.61. The molecule has 2 rings (SSSR count). The molecule has 0 spiro atoms. The van der Waals surface area contributed by atoms with Gasteiger partial charge < -0.3 is 20.0 Å². The van der Waals surface area contributed by atoms with Gasteiger partial charge in [-0.1, -0.05) is 0 Å². The van der Waals surface area contributed by atoms with Crippen molar-refractivity contribution in [2.75, 3.05) is 5.73 Å². The second-order valence-corrected chi connectivity index (χ2v) is 3.45. The molecule has 2 aromatic rings. The predicted molar refractivity (Wildman–Crippen MR) is 61.8 cm³/mol. The average molecular weight is 233 g/mol. The molecule has 3 N–H and O–H groups in total. The number of aromatic hydroxyl groups is 1. The molecule has 1 aromatic heterocycles. The van der Waals surface area contributed by atoms with Crippen LogP contribution in [0.2, 0.25) is 0 Å². The average Bonchev–Trinajstić information content (AvgIpc) is 2.33. The topological polar surface area (TPSA) is 85.7 Å². The largest absolute Gasteiger partial charge is 0.502 e. The van der Waals surface area contributed by atoms with Crippen molar-refractivity contribution in [3.05, 3.63) is 52.6 Å². The van der Waals surface area contributed by atoms with E-state index in [1.807, 2.05) is 0 Å². The SMILES string of the molecule is Nc1ccc(OCc2cc(=O)c(O)co2)cc1. The maximum atomic E-state index is 11.1. The summed E-state index contributed by atoms with van der Waals surface area (Å²) in [6, 6.07) is 8.04. The van der Waals surface area contributed by atoms with Crippen LogP contribution in [-0.4, -0.2) is 5.11 Å². The van der Waals surface area contributed by atoms with Crippen LogP contribution in [0, 0.1) is 0 Å². The summed E-state index contributed by atoms with van der Waals surface area (Å²) >= 11 is 0. The lowest BCUT2D eigenvalue weighted by Gasteiger charge is -2.05. The maximum Gasteiger partial charge on any atom is 0.226 e. The van der Waals surface area contributed by atoms with Gasteiger partial charge in [-0.25, -0.2) is 0 Å². The molecule has 17 heavy (non-hydrogen) atoms. The van der Waals surface area contributed by atoms with E-state index >= 15 is 0 Å². The van der Waals surface area contributed by atoms with E-state index < -0.39 is 11.2 Å². The molecule has 1 aromatic carbocycles. The molecule has 0 bridgehead atoms. The van der Waals surface area contributed by atoms with E-state index in [1.165, 1.54) is 6.07 Å². The highest BCUT2D eigenvalue weighted by atomic mass is 16.5. The first-order chi connectivity index (χ1) is 8.15. The zero-order chi connectivity index (χ0) is 12.3. The van der Waals surface area contributed by atoms with Crippen molar-refractivity contribution in [1.29, 1.82) is 0 Å². The summed E-state index contributed by atoms with van der Waals surface area (Å²) in [5.41, 5.74) is 5.68. The molecule has 0 saturated carbocycles. The maximum absolute atomic E-state index is 11.1. The van der Waals surface area contributed by atoms with E-state index in [0.29, 0.717) is 17.2 Å². The van der Waals surface area contributed by atoms with E-state index in [2.05, 4.69) is 0 Å². The highest BCUT2D eigenvalue weighted by molar-refractivity contribution is 5.41. The number of benzene rings is 1. The van der Waals surface area contributed by atoms with Gasteiger partial charge in [-0.05, 0) is 24.3 Å². The summed E-state index contributed by atoms with van der Waals surface area (Å²) in [6.45, 7) is 0.111. The van der Waals surface area contributed by atoms with Gasteiger partial charge in [-0.3, -0.25) is 4.79 Å². The molecule has 0 aliphatic heterocycles. The second-order valence-electron chi connectivity index (χ2n) is 3.45. The molecule has 0 aliphatic carbocycles. The minimum atomic E-state index is -0.493. The van der Waals surface area contributed by atoms with E-state index in [1.54, 1.807) is 24.3 Å². The molecule has 0 unspecified atom stereocenters. The first kappa shape index (κ1) is 11.1. The molecule has 0 radical (unpaired) electrons. The molecule has 0 aliphatic rings. The number of nitrogen functional groups attached to an aromatic ring is 1. The van der Waals surface area contributed by atoms with Gasteiger partial charge in [0.2, 0.25) is 5.43 Å². The number of rotatable bonds is 3. The van der Waals surface area contributed by atoms with Gasteiger partial charge in [0.15, 0.2) is 5.75 Å². The first-order valence-electron chi connectivity index (χ1n) is 4.94. The van der Waals surface area contributed by atoms with Crippen molar-refractivity contribution in [1.82, 2.24) is 0 Å². The van der Waals surface area contributed by atoms with Crippen LogP contribution in [0.5, 0.6) is 11.5 Å². The molecule has 88 valence electrons. The van der Waals surface area contributed by atoms with Gasteiger partial charge in [0.05, 0.1) is 0 Å². The van der Waals surface area contributed by atoms with Gasteiger partial charge in [-0.2, -0.15) is 0 Å². The third-order valence-electron chi connectivity index (χ3n) is 2.13. The summed E-state index contributed by atoms with van der Waals surface area (Å²) in [6.07, 6.45) is 0.990. The molecule has 5 nitrogen and oxygen atoms in total. The number of ether oxygens (including phenoxy) is 1. The normalized spacial score (nSPS) is 10.1. The molecule has 1 heterocycles. The van der Waals surface area contributed by atoms with Crippen molar-refractivity contribution in [3.8, 4) is 11.5 Å². The van der Waals surface area contributed by atoms with Crippen LogP contribution in [0.25, 0.3) is 0 Å². The molecular formula is C12H11NO4. The number of hydrogen-bond donors (Lipinski definition) is 2. The van der Waals surface area contributed by atoms with Crippen LogP contribution in [0.3, 0.4) is 0 Å². The standard InChI is InChI=1S/C12H11NO4/c13-8-1-3-9(4-2-8)16-6-10-5-11(14)12(15)7-17-10/h1-5,7,15H,6,13H2. The van der Waals surface area contributed by atoms with Crippen molar-refractivity contribution in [2.45, 2.75) is 6.61 Å². The van der Waals surface area contributed by atoms with Crippen molar-refractivity contribution >= 4 is 5.69 Å². The number of nitrogens with two attached hydrogens (primary N) is 1. The van der Waals surface area contributed by atoms with Crippen LogP contribution >= 0.6 is 0 Å². The Kier molecular flexibility index (Phi) is 3.00. The number of anilines is 1. The number of hydrogen-bond acceptors (Lipinski definition) is 5. The molecule has 0 saturated heterocycles. The Balaban J connectivity index is 2.04. The summed E-state index contributed by atoms with van der Waals surface area (Å²) in [5, 5.41) is 9.00. The molecule has 0 fully saturated rings. The summed E-state index contributed by atoms with van der Waals surface area (Å²) in [5.74, 6) is 0.542. The highest BCUT2D eigenvalue weighted by Gasteiger charge is 2.02. The first-order valence-corrected chi connectivity index (χ1v) is 4.94. The third-order valence-corrected chi connectivity index (χ3v) is 2.13. The summed E-state index contributed by atoms with van der Waals surface area (Å²) < 4.78 is 10.4. The fourth-order valence-electron chi connectivity index (χ4n) is 1.24. The monoisotopic (exact) mass is 233 g/mol. The summed E-state index contributed by atoms with van der Waals surface area (Å²) in [7, 11) is 0. The van der Waals surface area contributed by atoms with Crippen molar-refractivity contribution < 1.29 is 14.3 Å². The smallest absolute Gasteiger partial charge is 0.226 e. The van der Waals surface area contributed by atoms with E-state index in [-0.39, 0.29) is 6.61 Å². The van der Waals surface area contributed by atoms with Gasteiger partial charge in [0, 0.05) is 11.8 Å². The zero-order valence-corrected chi connectivity index (χ0v) is 8.92. The van der Waals surface area contributed by atoms with Crippen LogP contribution < -0.4 is 15.9 Å². The van der Waals surface area contributed by atoms with E-state index in [9.17, 15) is 4.79 Å². The van der Waals surface area contributed by atoms with Gasteiger partial charge >= 0.3 is 0 Å². The van der Waals surface area contributed by atoms with Crippen LogP contribution in [0.15, 0.2) is 45.8 Å². The Morgan fingerprint density at radius 3 is 2.65 bits per heavy atom. The lowest BCUT2D eigenvalue weighted by atomic mass is 10.3. The molecule has 5 heteroatoms. The zero-order valence-electron chi connectivity index (χ0n) is 8.92. The Morgan fingerprint density at radius 1 is 1.29 bits per heavy atom. The van der Waals surface area contributed by atoms with Gasteiger partial charge in [-0.15, -0.1) is 0 Å². The third kappa shape index (κ3) is 2.78. The quantitative estimate of drug-likeness (QED) is 0.785. The Bertz CT molecular complexity index is 559. The van der Waals surface area contributed by atoms with Gasteiger partial charge in [0.1, 0.15) is 24.4 Å². The Labute approximate surface area is 97.1 Å². The minimum absolute atomic E-state index is 0.111. The van der Waals surface area contributed by atoms with Crippen LogP contribution in [0.1, 0.15) is 5.76 Å². The van der Waals surface area contributed by atoms with Gasteiger partial charge in [0.25, 0.3) is 0 Å². The lowest BCUT2D eigenvalue weighted by Crippen LogP contribution is -2.03. The molecular weight excluding hydrogens is 222 g/mol. The Morgan fingerprint density at radius 2 is 2.00 bits per heavy atom. The Hall–Kier alpha value is -2.43. The minimum Gasteiger partial charge on any atom is -0.502 e. The molecule has 0 atom stereocenters.